The van der Waals surface area contributed by atoms with Gasteiger partial charge in [-0.3, -0.25) is 0 Å². The lowest BCUT2D eigenvalue weighted by Crippen LogP contribution is -2.00. The number of para-hydroxylation sites is 1. The van der Waals surface area contributed by atoms with E-state index in [-0.39, 0.29) is 0 Å². The molecule has 1 aromatic carbocycles. The number of rotatable bonds is 1. The minimum Gasteiger partial charge on any atom is -0.223 e. The molecule has 4 aromatic rings. The summed E-state index contributed by atoms with van der Waals surface area (Å²) in [6.07, 6.45) is 3.11. The second kappa shape index (κ2) is 3.33. The van der Waals surface area contributed by atoms with Crippen LogP contribution in [0.2, 0.25) is 0 Å². The monoisotopic (exact) mass is 237 g/mol. The van der Waals surface area contributed by atoms with E-state index in [0.29, 0.717) is 5.65 Å². The normalized spacial score (nSPS) is 11.3. The van der Waals surface area contributed by atoms with Gasteiger partial charge in [0.15, 0.2) is 0 Å². The van der Waals surface area contributed by atoms with Gasteiger partial charge in [-0.25, -0.2) is 9.67 Å². The number of hydrogen-bond acceptors (Lipinski definition) is 5. The van der Waals surface area contributed by atoms with Crippen molar-refractivity contribution in [1.29, 1.82) is 0 Å². The predicted molar refractivity (Wildman–Crippen MR) is 63.2 cm³/mol. The Morgan fingerprint density at radius 2 is 2.06 bits per heavy atom. The fourth-order valence-electron chi connectivity index (χ4n) is 2.02. The highest BCUT2D eigenvalue weighted by atomic mass is 15.5. The first-order valence-corrected chi connectivity index (χ1v) is 5.38. The van der Waals surface area contributed by atoms with Crippen LogP contribution in [0.4, 0.5) is 0 Å². The van der Waals surface area contributed by atoms with E-state index in [1.807, 2.05) is 30.3 Å². The summed E-state index contributed by atoms with van der Waals surface area (Å²) in [6.45, 7) is 0. The van der Waals surface area contributed by atoms with Crippen molar-refractivity contribution in [1.82, 2.24) is 34.8 Å². The molecule has 18 heavy (non-hydrogen) atoms. The first-order valence-electron chi connectivity index (χ1n) is 5.38. The van der Waals surface area contributed by atoms with Gasteiger partial charge in [0.05, 0.1) is 5.52 Å². The Bertz CT molecular complexity index is 831. The first-order chi connectivity index (χ1) is 8.93. The molecule has 4 rings (SSSR count). The van der Waals surface area contributed by atoms with Gasteiger partial charge in [-0.1, -0.05) is 18.2 Å². The summed E-state index contributed by atoms with van der Waals surface area (Å²) in [5, 5.41) is 16.9. The van der Waals surface area contributed by atoms with E-state index in [2.05, 4.69) is 25.6 Å². The average molecular weight is 237 g/mol. The van der Waals surface area contributed by atoms with Crippen LogP contribution in [0.3, 0.4) is 0 Å². The topological polar surface area (TPSA) is 73.8 Å². The van der Waals surface area contributed by atoms with Crippen LogP contribution in [0.5, 0.6) is 0 Å². The van der Waals surface area contributed by atoms with Gasteiger partial charge in [0.25, 0.3) is 0 Å². The second-order valence-corrected chi connectivity index (χ2v) is 3.84. The van der Waals surface area contributed by atoms with Crippen molar-refractivity contribution in [2.24, 2.45) is 0 Å². The van der Waals surface area contributed by atoms with Crippen molar-refractivity contribution in [3.05, 3.63) is 43.0 Å². The van der Waals surface area contributed by atoms with Crippen LogP contribution in [0.25, 0.3) is 22.2 Å². The smallest absolute Gasteiger partial charge is 0.205 e. The number of pyridine rings is 1. The van der Waals surface area contributed by atoms with Crippen LogP contribution in [0.15, 0.2) is 43.0 Å². The molecule has 0 aliphatic heterocycles. The van der Waals surface area contributed by atoms with Crippen LogP contribution in [0, 0.1) is 0 Å². The SMILES string of the molecule is c1ccc2c(c1)cc(-n1cncn1)c1nnnn12. The molecular weight excluding hydrogens is 230 g/mol. The molecule has 3 heterocycles. The maximum Gasteiger partial charge on any atom is 0.205 e. The standard InChI is InChI=1S/C11H7N7/c1-2-4-9-8(3-1)5-10(17-7-12-6-13-17)11-14-15-16-18(9)11/h1-7H. The van der Waals surface area contributed by atoms with Crippen LogP contribution < -0.4 is 0 Å². The zero-order valence-electron chi connectivity index (χ0n) is 9.17. The molecule has 0 aliphatic rings. The number of aromatic nitrogens is 7. The molecule has 86 valence electrons. The highest BCUT2D eigenvalue weighted by Gasteiger charge is 2.11. The molecule has 0 saturated heterocycles. The van der Waals surface area contributed by atoms with Gasteiger partial charge in [0.2, 0.25) is 5.65 Å². The number of benzene rings is 1. The van der Waals surface area contributed by atoms with Crippen molar-refractivity contribution >= 4 is 16.6 Å². The van der Waals surface area contributed by atoms with Gasteiger partial charge in [0, 0.05) is 5.39 Å². The summed E-state index contributed by atoms with van der Waals surface area (Å²) in [5.41, 5.74) is 2.41. The van der Waals surface area contributed by atoms with E-state index in [0.717, 1.165) is 16.6 Å². The number of hydrogen-bond donors (Lipinski definition) is 0. The minimum atomic E-state index is 0.652. The summed E-state index contributed by atoms with van der Waals surface area (Å²) < 4.78 is 3.35. The molecule has 3 aromatic heterocycles. The van der Waals surface area contributed by atoms with E-state index in [4.69, 9.17) is 0 Å². The van der Waals surface area contributed by atoms with E-state index in [1.165, 1.54) is 6.33 Å². The van der Waals surface area contributed by atoms with Crippen LogP contribution in [-0.4, -0.2) is 34.8 Å². The molecule has 0 aliphatic carbocycles. The third kappa shape index (κ3) is 1.15. The van der Waals surface area contributed by atoms with E-state index >= 15 is 0 Å². The summed E-state index contributed by atoms with van der Waals surface area (Å²) in [7, 11) is 0. The Balaban J connectivity index is 2.21. The summed E-state index contributed by atoms with van der Waals surface area (Å²) in [6, 6.07) is 9.92. The molecule has 0 radical (unpaired) electrons. The van der Waals surface area contributed by atoms with Gasteiger partial charge < -0.3 is 0 Å². The highest BCUT2D eigenvalue weighted by molar-refractivity contribution is 5.85. The van der Waals surface area contributed by atoms with E-state index in [1.54, 1.807) is 15.5 Å². The Labute approximate surface area is 101 Å². The van der Waals surface area contributed by atoms with Crippen LogP contribution >= 0.6 is 0 Å². The number of tetrazole rings is 1. The van der Waals surface area contributed by atoms with Crippen molar-refractivity contribution in [2.75, 3.05) is 0 Å². The Kier molecular flexibility index (Phi) is 1.71. The van der Waals surface area contributed by atoms with Gasteiger partial charge in [-0.05, 0) is 22.6 Å². The molecule has 0 unspecified atom stereocenters. The highest BCUT2D eigenvalue weighted by Crippen LogP contribution is 2.20. The molecule has 0 fully saturated rings. The number of fused-ring (bicyclic) bond motifs is 3. The zero-order valence-corrected chi connectivity index (χ0v) is 9.17. The van der Waals surface area contributed by atoms with Crippen LogP contribution in [-0.2, 0) is 0 Å². The summed E-state index contributed by atoms with van der Waals surface area (Å²) >= 11 is 0. The van der Waals surface area contributed by atoms with Crippen molar-refractivity contribution < 1.29 is 0 Å². The molecule has 0 saturated carbocycles. The third-order valence-corrected chi connectivity index (χ3v) is 2.82. The van der Waals surface area contributed by atoms with Crippen molar-refractivity contribution in [3.63, 3.8) is 0 Å². The molecule has 7 heteroatoms. The predicted octanol–water partition coefficient (Wildman–Crippen LogP) is 0.858. The quantitative estimate of drug-likeness (QED) is 0.491. The van der Waals surface area contributed by atoms with Crippen molar-refractivity contribution in [2.45, 2.75) is 0 Å². The lowest BCUT2D eigenvalue weighted by atomic mass is 10.2. The largest absolute Gasteiger partial charge is 0.223 e. The Morgan fingerprint density at radius 3 is 2.94 bits per heavy atom. The average Bonchev–Trinajstić information content (AvgIpc) is 3.09. The summed E-state index contributed by atoms with van der Waals surface area (Å²) in [5.74, 6) is 0. The van der Waals surface area contributed by atoms with Gasteiger partial charge in [-0.15, -0.1) is 5.10 Å². The Hall–Kier alpha value is -2.83. The molecule has 0 spiro atoms. The summed E-state index contributed by atoms with van der Waals surface area (Å²) in [4.78, 5) is 3.94. The van der Waals surface area contributed by atoms with Gasteiger partial charge >= 0.3 is 0 Å². The van der Waals surface area contributed by atoms with Crippen molar-refractivity contribution in [3.8, 4) is 5.69 Å². The van der Waals surface area contributed by atoms with E-state index in [9.17, 15) is 0 Å². The Morgan fingerprint density at radius 1 is 1.11 bits per heavy atom. The molecule has 0 atom stereocenters. The fourth-order valence-corrected chi connectivity index (χ4v) is 2.02. The zero-order chi connectivity index (χ0) is 11.9. The fraction of sp³-hybridized carbons (Fsp3) is 0. The second-order valence-electron chi connectivity index (χ2n) is 3.84. The molecule has 0 amide bonds. The maximum absolute atomic E-state index is 4.12. The minimum absolute atomic E-state index is 0.652. The van der Waals surface area contributed by atoms with Gasteiger partial charge in [-0.2, -0.15) is 9.61 Å². The lowest BCUT2D eigenvalue weighted by Gasteiger charge is -2.05. The molecule has 0 bridgehead atoms. The molecule has 7 nitrogen and oxygen atoms in total. The van der Waals surface area contributed by atoms with Crippen LogP contribution in [0.1, 0.15) is 0 Å². The maximum atomic E-state index is 4.12. The molecular formula is C11H7N7. The molecule has 0 N–H and O–H groups in total. The lowest BCUT2D eigenvalue weighted by molar-refractivity contribution is 0.838. The third-order valence-electron chi connectivity index (χ3n) is 2.82. The number of nitrogens with zero attached hydrogens (tertiary/aromatic N) is 7. The first kappa shape index (κ1) is 9.23. The van der Waals surface area contributed by atoms with Gasteiger partial charge in [0.1, 0.15) is 18.3 Å². The van der Waals surface area contributed by atoms with E-state index < -0.39 is 0 Å².